The zero-order valence-electron chi connectivity index (χ0n) is 12.4. The SMILES string of the molecule is CC1=NN(c2ccccc2)C(=O)[C@]1(C)N(O)C(=O)N(C)C. The Morgan fingerprint density at radius 3 is 2.38 bits per heavy atom. The molecule has 1 aliphatic rings. The third-order valence-corrected chi connectivity index (χ3v) is 3.55. The van der Waals surface area contributed by atoms with Crippen molar-refractivity contribution in [3.05, 3.63) is 30.3 Å². The summed E-state index contributed by atoms with van der Waals surface area (Å²) in [4.78, 5) is 25.8. The molecule has 0 saturated carbocycles. The van der Waals surface area contributed by atoms with Gasteiger partial charge in [-0.05, 0) is 26.0 Å². The third-order valence-electron chi connectivity index (χ3n) is 3.55. The van der Waals surface area contributed by atoms with Crippen LogP contribution in [-0.4, -0.2) is 52.5 Å². The maximum Gasteiger partial charge on any atom is 0.344 e. The van der Waals surface area contributed by atoms with E-state index in [2.05, 4.69) is 5.10 Å². The van der Waals surface area contributed by atoms with Crippen LogP contribution in [0, 0.1) is 0 Å². The molecule has 1 heterocycles. The molecule has 7 heteroatoms. The van der Waals surface area contributed by atoms with Gasteiger partial charge in [0.1, 0.15) is 0 Å². The number of amides is 3. The average molecular weight is 290 g/mol. The van der Waals surface area contributed by atoms with Crippen molar-refractivity contribution in [1.82, 2.24) is 9.96 Å². The number of hydroxylamine groups is 2. The summed E-state index contributed by atoms with van der Waals surface area (Å²) in [6, 6.07) is 8.17. The molecule has 0 saturated heterocycles. The standard InChI is InChI=1S/C14H18N4O3/c1-10-14(2,18(21)13(20)16(3)4)12(19)17(15-10)11-8-6-5-7-9-11/h5-9,21H,1-4H3/t14-/m1/s1. The number of carbonyl (C=O) groups excluding carboxylic acids is 2. The second-order valence-corrected chi connectivity index (χ2v) is 5.20. The highest BCUT2D eigenvalue weighted by Gasteiger charge is 2.52. The number of nitrogens with zero attached hydrogens (tertiary/aromatic N) is 4. The summed E-state index contributed by atoms with van der Waals surface area (Å²) in [5.74, 6) is -0.482. The van der Waals surface area contributed by atoms with Crippen molar-refractivity contribution in [2.24, 2.45) is 5.10 Å². The fourth-order valence-electron chi connectivity index (χ4n) is 2.02. The molecule has 1 N–H and O–H groups in total. The Balaban J connectivity index is 2.38. The van der Waals surface area contributed by atoms with Gasteiger partial charge in [0.25, 0.3) is 5.91 Å². The Bertz CT molecular complexity index is 599. The van der Waals surface area contributed by atoms with Gasteiger partial charge in [-0.2, -0.15) is 15.2 Å². The zero-order valence-corrected chi connectivity index (χ0v) is 12.4. The summed E-state index contributed by atoms with van der Waals surface area (Å²) < 4.78 is 0. The number of rotatable bonds is 2. The lowest BCUT2D eigenvalue weighted by Gasteiger charge is -2.33. The van der Waals surface area contributed by atoms with Gasteiger partial charge in [-0.15, -0.1) is 0 Å². The number of urea groups is 1. The highest BCUT2D eigenvalue weighted by Crippen LogP contribution is 2.30. The molecular formula is C14H18N4O3. The minimum Gasteiger partial charge on any atom is -0.329 e. The number of benzene rings is 1. The van der Waals surface area contributed by atoms with Crippen molar-refractivity contribution in [1.29, 1.82) is 0 Å². The van der Waals surface area contributed by atoms with Gasteiger partial charge in [0.15, 0.2) is 5.54 Å². The van der Waals surface area contributed by atoms with Crippen LogP contribution in [0.1, 0.15) is 13.8 Å². The molecule has 1 aromatic carbocycles. The molecule has 0 spiro atoms. The van der Waals surface area contributed by atoms with Crippen molar-refractivity contribution in [3.63, 3.8) is 0 Å². The van der Waals surface area contributed by atoms with Crippen LogP contribution in [0.4, 0.5) is 10.5 Å². The van der Waals surface area contributed by atoms with Crippen LogP contribution in [0.3, 0.4) is 0 Å². The summed E-state index contributed by atoms with van der Waals surface area (Å²) in [6.07, 6.45) is 0. The summed E-state index contributed by atoms with van der Waals surface area (Å²) in [6.45, 7) is 3.07. The average Bonchev–Trinajstić information content (AvgIpc) is 2.71. The first-order valence-corrected chi connectivity index (χ1v) is 6.45. The van der Waals surface area contributed by atoms with Crippen LogP contribution in [0.2, 0.25) is 0 Å². The third kappa shape index (κ3) is 2.25. The smallest absolute Gasteiger partial charge is 0.329 e. The number of carbonyl (C=O) groups is 2. The van der Waals surface area contributed by atoms with E-state index in [0.717, 1.165) is 0 Å². The molecule has 0 aromatic heterocycles. The molecular weight excluding hydrogens is 272 g/mol. The maximum absolute atomic E-state index is 12.6. The number of hydrogen-bond acceptors (Lipinski definition) is 4. The predicted molar refractivity (Wildman–Crippen MR) is 78.2 cm³/mol. The molecule has 7 nitrogen and oxygen atoms in total. The van der Waals surface area contributed by atoms with E-state index in [4.69, 9.17) is 0 Å². The highest BCUT2D eigenvalue weighted by molar-refractivity contribution is 6.23. The monoisotopic (exact) mass is 290 g/mol. The van der Waals surface area contributed by atoms with Gasteiger partial charge < -0.3 is 4.90 Å². The molecule has 21 heavy (non-hydrogen) atoms. The lowest BCUT2D eigenvalue weighted by atomic mass is 9.96. The van der Waals surface area contributed by atoms with Crippen molar-refractivity contribution < 1.29 is 14.8 Å². The molecule has 3 amide bonds. The summed E-state index contributed by atoms with van der Waals surface area (Å²) >= 11 is 0. The van der Waals surface area contributed by atoms with Gasteiger partial charge >= 0.3 is 6.03 Å². The first-order chi connectivity index (χ1) is 9.80. The van der Waals surface area contributed by atoms with Gasteiger partial charge in [-0.3, -0.25) is 10.0 Å². The van der Waals surface area contributed by atoms with Gasteiger partial charge in [-0.25, -0.2) is 4.79 Å². The molecule has 112 valence electrons. The van der Waals surface area contributed by atoms with Gasteiger partial charge in [-0.1, -0.05) is 18.2 Å². The van der Waals surface area contributed by atoms with Crippen LogP contribution in [0.25, 0.3) is 0 Å². The summed E-state index contributed by atoms with van der Waals surface area (Å²) in [5.41, 5.74) is -0.595. The van der Waals surface area contributed by atoms with E-state index in [1.165, 1.54) is 30.9 Å². The van der Waals surface area contributed by atoms with Crippen molar-refractivity contribution >= 4 is 23.3 Å². The molecule has 0 fully saturated rings. The topological polar surface area (TPSA) is 76.5 Å². The lowest BCUT2D eigenvalue weighted by Crippen LogP contribution is -2.59. The van der Waals surface area contributed by atoms with Gasteiger partial charge in [0.05, 0.1) is 11.4 Å². The van der Waals surface area contributed by atoms with E-state index in [-0.39, 0.29) is 0 Å². The normalized spacial score (nSPS) is 21.3. The van der Waals surface area contributed by atoms with Crippen molar-refractivity contribution in [2.75, 3.05) is 19.1 Å². The molecule has 0 bridgehead atoms. The summed E-state index contributed by atoms with van der Waals surface area (Å²) in [5, 5.41) is 16.0. The molecule has 1 aromatic rings. The van der Waals surface area contributed by atoms with Crippen LogP contribution < -0.4 is 5.01 Å². The quantitative estimate of drug-likeness (QED) is 0.663. The summed E-state index contributed by atoms with van der Waals surface area (Å²) in [7, 11) is 2.99. The van der Waals surface area contributed by atoms with Crippen molar-refractivity contribution in [2.45, 2.75) is 19.4 Å². The minimum absolute atomic E-state index is 0.342. The van der Waals surface area contributed by atoms with E-state index in [0.29, 0.717) is 16.5 Å². The van der Waals surface area contributed by atoms with Gasteiger partial charge in [0, 0.05) is 14.1 Å². The van der Waals surface area contributed by atoms with E-state index < -0.39 is 17.5 Å². The Kier molecular flexibility index (Phi) is 3.69. The first kappa shape index (κ1) is 15.0. The van der Waals surface area contributed by atoms with E-state index >= 15 is 0 Å². The van der Waals surface area contributed by atoms with Crippen LogP contribution in [-0.2, 0) is 4.79 Å². The van der Waals surface area contributed by atoms with Crippen LogP contribution in [0.15, 0.2) is 35.4 Å². The molecule has 2 rings (SSSR count). The Morgan fingerprint density at radius 2 is 1.86 bits per heavy atom. The van der Waals surface area contributed by atoms with E-state index in [1.54, 1.807) is 31.2 Å². The minimum atomic E-state index is -1.52. The first-order valence-electron chi connectivity index (χ1n) is 6.45. The van der Waals surface area contributed by atoms with Gasteiger partial charge in [0.2, 0.25) is 0 Å². The fourth-order valence-corrected chi connectivity index (χ4v) is 2.02. The Hall–Kier alpha value is -2.41. The highest BCUT2D eigenvalue weighted by atomic mass is 16.5. The number of hydrazone groups is 1. The molecule has 1 aliphatic heterocycles. The zero-order chi connectivity index (χ0) is 15.8. The fraction of sp³-hybridized carbons (Fsp3) is 0.357. The Labute approximate surface area is 123 Å². The number of para-hydroxylation sites is 1. The second-order valence-electron chi connectivity index (χ2n) is 5.20. The van der Waals surface area contributed by atoms with Crippen molar-refractivity contribution in [3.8, 4) is 0 Å². The van der Waals surface area contributed by atoms with E-state index in [1.807, 2.05) is 6.07 Å². The Morgan fingerprint density at radius 1 is 1.29 bits per heavy atom. The second kappa shape index (κ2) is 5.17. The molecule has 0 unspecified atom stereocenters. The molecule has 1 atom stereocenters. The molecule has 0 aliphatic carbocycles. The van der Waals surface area contributed by atoms with E-state index in [9.17, 15) is 14.8 Å². The van der Waals surface area contributed by atoms with Crippen LogP contribution >= 0.6 is 0 Å². The lowest BCUT2D eigenvalue weighted by molar-refractivity contribution is -0.144. The number of anilines is 1. The molecule has 0 radical (unpaired) electrons. The maximum atomic E-state index is 12.6. The van der Waals surface area contributed by atoms with Crippen LogP contribution in [0.5, 0.6) is 0 Å². The predicted octanol–water partition coefficient (Wildman–Crippen LogP) is 1.54. The largest absolute Gasteiger partial charge is 0.344 e. The number of hydrogen-bond donors (Lipinski definition) is 1.